The molecule has 4 heterocycles. The van der Waals surface area contributed by atoms with Gasteiger partial charge in [-0.3, -0.25) is 67.1 Å². The van der Waals surface area contributed by atoms with Crippen LogP contribution in [-0.4, -0.2) is 287 Å². The summed E-state index contributed by atoms with van der Waals surface area (Å²) in [6, 6.07) is -6.41. The average Bonchev–Trinajstić information content (AvgIpc) is 1.66. The third kappa shape index (κ3) is 21.8. The van der Waals surface area contributed by atoms with Crippen molar-refractivity contribution in [2.24, 2.45) is 35.5 Å². The van der Waals surface area contributed by atoms with Gasteiger partial charge in [0.15, 0.2) is 6.10 Å². The van der Waals surface area contributed by atoms with Crippen LogP contribution < -0.4 is 21.3 Å². The first kappa shape index (κ1) is 89.9. The second-order valence-corrected chi connectivity index (χ2v) is 31.6. The van der Waals surface area contributed by atoms with E-state index in [9.17, 15) is 38.4 Å². The van der Waals surface area contributed by atoms with Crippen LogP contribution in [0.5, 0.6) is 0 Å². The molecule has 0 spiro atoms. The van der Waals surface area contributed by atoms with Crippen molar-refractivity contribution in [3.63, 3.8) is 0 Å². The topological polar surface area (TPSA) is 335 Å². The number of benzene rings is 1. The molecule has 2 unspecified atom stereocenters. The van der Waals surface area contributed by atoms with Crippen LogP contribution in [0.15, 0.2) is 30.3 Å². The van der Waals surface area contributed by atoms with Crippen molar-refractivity contribution in [1.29, 1.82) is 0 Å². The fraction of sp³-hybridized carbons (Fsp3) is 0.722. The predicted octanol–water partition coefficient (Wildman–Crippen LogP) is 3.23. The highest BCUT2D eigenvalue weighted by atomic mass is 16.5. The van der Waals surface area contributed by atoms with Crippen LogP contribution in [0.3, 0.4) is 0 Å². The number of methoxy groups -OCH3 is 1. The van der Waals surface area contributed by atoms with Gasteiger partial charge in [0.25, 0.3) is 5.91 Å². The van der Waals surface area contributed by atoms with E-state index in [1.165, 1.54) is 109 Å². The number of amides is 13. The molecule has 4 aliphatic heterocycles. The van der Waals surface area contributed by atoms with Gasteiger partial charge in [-0.1, -0.05) is 106 Å². The standard InChI is InChI=1S/C79H125N13O16/c1-23-25-27-35-55-50(12)79(106)108-65(48(9)10)69(96)81-52(14)71(98)90-39-30-36-57(90)73(100)88(20)63(47(7)8)78(105)86(18)61(44-107-22)76(103)85(17)60(43-54-33-28-26-29-34-54)75(102)84(16)53(15)66(93)80-51(13)70(97)87(19)62(46(5)6)67(94)83-56(42-45(3)4)72(99)91-40-32-38-59(91)77(104)92-41-31-37-58(92)74(101)89(21)64(49(11)24-2)68(95)82-55/h1,26,28-29,33-34,45-53,55-65H,24-25,27,30-32,35-44H2,2-22H3,(H,80,93)(H,81,96)(H,82,95)(H,83,94)/t49-,50?,51+,52+,53-,55?,56+,57+,58+,59+,60+,61+,62+,63+,64+,65+/m1/s1. The molecule has 29 heteroatoms. The van der Waals surface area contributed by atoms with Crippen molar-refractivity contribution in [2.75, 3.05) is 75.6 Å². The normalized spacial score (nSPS) is 29.2. The molecule has 1 aromatic carbocycles. The summed E-state index contributed by atoms with van der Waals surface area (Å²) in [7, 11) is 9.86. The van der Waals surface area contributed by atoms with Crippen molar-refractivity contribution in [2.45, 2.75) is 259 Å². The molecule has 0 aliphatic carbocycles. The number of hydrogen-bond donors (Lipinski definition) is 4. The molecule has 16 atom stereocenters. The van der Waals surface area contributed by atoms with Gasteiger partial charge in [0, 0.05) is 87.9 Å². The summed E-state index contributed by atoms with van der Waals surface area (Å²) < 4.78 is 11.6. The Morgan fingerprint density at radius 1 is 0.509 bits per heavy atom. The van der Waals surface area contributed by atoms with Gasteiger partial charge in [0.2, 0.25) is 70.9 Å². The zero-order chi connectivity index (χ0) is 81.2. The lowest BCUT2D eigenvalue weighted by Gasteiger charge is -2.40. The molecule has 0 bridgehead atoms. The smallest absolute Gasteiger partial charge is 0.311 e. The average molecular weight is 1510 g/mol. The number of unbranched alkanes of at least 4 members (excludes halogenated alkanes) is 1. The summed E-state index contributed by atoms with van der Waals surface area (Å²) in [5, 5.41) is 11.4. The Morgan fingerprint density at radius 2 is 0.981 bits per heavy atom. The number of ether oxygens (including phenoxy) is 2. The maximum Gasteiger partial charge on any atom is 0.311 e. The van der Waals surface area contributed by atoms with Crippen LogP contribution in [0.1, 0.15) is 173 Å². The molecule has 4 aliphatic rings. The lowest BCUT2D eigenvalue weighted by atomic mass is 9.92. The van der Waals surface area contributed by atoms with E-state index in [0.717, 1.165) is 4.90 Å². The second kappa shape index (κ2) is 40.7. The van der Waals surface area contributed by atoms with E-state index in [4.69, 9.17) is 15.9 Å². The van der Waals surface area contributed by atoms with Crippen molar-refractivity contribution >= 4 is 82.8 Å². The number of cyclic esters (lactones) is 1. The number of hydrogen-bond acceptors (Lipinski definition) is 16. The molecule has 4 N–H and O–H groups in total. The summed E-state index contributed by atoms with van der Waals surface area (Å²) in [5.74, 6) is -10.0. The molecular formula is C79H125N13O16. The van der Waals surface area contributed by atoms with Gasteiger partial charge in [-0.15, -0.1) is 12.3 Å². The Bertz CT molecular complexity index is 3400. The van der Waals surface area contributed by atoms with Crippen molar-refractivity contribution in [1.82, 2.24) is 65.4 Å². The lowest BCUT2D eigenvalue weighted by Crippen LogP contribution is -2.62. The van der Waals surface area contributed by atoms with Crippen LogP contribution in [0.4, 0.5) is 0 Å². The number of esters is 1. The highest BCUT2D eigenvalue weighted by Gasteiger charge is 2.49. The molecule has 108 heavy (non-hydrogen) atoms. The Morgan fingerprint density at radius 3 is 1.49 bits per heavy atom. The van der Waals surface area contributed by atoms with Gasteiger partial charge in [0.05, 0.1) is 12.5 Å². The van der Waals surface area contributed by atoms with Crippen molar-refractivity contribution in [3.8, 4) is 12.3 Å². The van der Waals surface area contributed by atoms with Crippen molar-refractivity contribution < 1.29 is 76.6 Å². The molecule has 5 rings (SSSR count). The maximum absolute atomic E-state index is 15.2. The van der Waals surface area contributed by atoms with Crippen LogP contribution in [0.25, 0.3) is 0 Å². The highest BCUT2D eigenvalue weighted by Crippen LogP contribution is 2.31. The summed E-state index contributed by atoms with van der Waals surface area (Å²) in [4.78, 5) is 219. The zero-order valence-corrected chi connectivity index (χ0v) is 67.9. The molecule has 0 radical (unpaired) electrons. The third-order valence-corrected chi connectivity index (χ3v) is 22.1. The Kier molecular flexibility index (Phi) is 33.9. The SMILES string of the molecule is C#CCCCC1NC(=O)[C@H]([C@H](C)CC)N(C)C(=O)[C@@H]2CCCN2C(=O)[C@@H]2CCCN2C(=O)[C@H](CC(C)C)NC(=O)[C@H](C(C)C)N(C)C(=O)[C@H](C)NC(=O)[C@@H](C)N(C)C(=O)[C@H](Cc2ccccc2)N(C)C(=O)[C@H](COC)N(C)C(=O)[C@H](C(C)C)N(C)C(=O)[C@@H]2CCCN2C(=O)[C@H](C)NC(=O)[C@H](C(C)C)OC(=O)C1C. The van der Waals surface area contributed by atoms with Gasteiger partial charge >= 0.3 is 5.97 Å². The molecule has 29 nitrogen and oxygen atoms in total. The molecule has 4 fully saturated rings. The van der Waals surface area contributed by atoms with Gasteiger partial charge in [-0.05, 0) is 121 Å². The third-order valence-electron chi connectivity index (χ3n) is 22.1. The lowest BCUT2D eigenvalue weighted by molar-refractivity contribution is -0.164. The fourth-order valence-electron chi connectivity index (χ4n) is 15.4. The van der Waals surface area contributed by atoms with E-state index in [2.05, 4.69) is 27.2 Å². The first-order chi connectivity index (χ1) is 50.7. The molecule has 0 saturated carbocycles. The van der Waals surface area contributed by atoms with Crippen molar-refractivity contribution in [3.05, 3.63) is 35.9 Å². The molecule has 13 amide bonds. The molecule has 4 saturated heterocycles. The first-order valence-corrected chi connectivity index (χ1v) is 38.6. The Balaban J connectivity index is 1.58. The first-order valence-electron chi connectivity index (χ1n) is 38.6. The summed E-state index contributed by atoms with van der Waals surface area (Å²) in [5.41, 5.74) is 0.644. The molecular weight excluding hydrogens is 1390 g/mol. The Hall–Kier alpha value is -8.68. The van der Waals surface area contributed by atoms with E-state index in [0.29, 0.717) is 37.7 Å². The Labute approximate surface area is 640 Å². The number of likely N-dealkylation sites (N-methyl/N-ethyl adjacent to an activating group) is 6. The largest absolute Gasteiger partial charge is 0.452 e. The van der Waals surface area contributed by atoms with Crippen LogP contribution >= 0.6 is 0 Å². The summed E-state index contributed by atoms with van der Waals surface area (Å²) >= 11 is 0. The predicted molar refractivity (Wildman–Crippen MR) is 405 cm³/mol. The number of nitrogens with one attached hydrogen (secondary N) is 4. The van der Waals surface area contributed by atoms with Crippen LogP contribution in [0, 0.1) is 47.9 Å². The number of terminal acetylenes is 1. The van der Waals surface area contributed by atoms with Gasteiger partial charge < -0.3 is 74.8 Å². The molecule has 1 aromatic rings. The summed E-state index contributed by atoms with van der Waals surface area (Å²) in [6.45, 7) is 23.6. The van der Waals surface area contributed by atoms with Crippen LogP contribution in [-0.2, 0) is 83.0 Å². The highest BCUT2D eigenvalue weighted by molar-refractivity contribution is 6.00. The van der Waals surface area contributed by atoms with E-state index in [-0.39, 0.29) is 77.1 Å². The number of rotatable bonds is 14. The number of nitrogens with zero attached hydrogens (tertiary/aromatic N) is 9. The quantitative estimate of drug-likeness (QED) is 0.118. The maximum atomic E-state index is 15.2. The van der Waals surface area contributed by atoms with Gasteiger partial charge in [0.1, 0.15) is 72.5 Å². The van der Waals surface area contributed by atoms with Gasteiger partial charge in [-0.25, -0.2) is 0 Å². The zero-order valence-electron chi connectivity index (χ0n) is 67.9. The van der Waals surface area contributed by atoms with E-state index in [1.54, 1.807) is 78.8 Å². The van der Waals surface area contributed by atoms with E-state index in [1.807, 2.05) is 27.7 Å². The monoisotopic (exact) mass is 1510 g/mol. The minimum absolute atomic E-state index is 0.0538. The minimum atomic E-state index is -1.45. The van der Waals surface area contributed by atoms with E-state index >= 15 is 28.8 Å². The molecule has 602 valence electrons. The van der Waals surface area contributed by atoms with E-state index < -0.39 is 197 Å². The summed E-state index contributed by atoms with van der Waals surface area (Å²) in [6.07, 6.45) is 7.61. The van der Waals surface area contributed by atoms with Gasteiger partial charge in [-0.2, -0.15) is 0 Å². The fourth-order valence-corrected chi connectivity index (χ4v) is 15.4. The number of carbonyl (C=O) groups is 14. The second-order valence-electron chi connectivity index (χ2n) is 31.6. The van der Waals surface area contributed by atoms with Crippen LogP contribution in [0.2, 0.25) is 0 Å². The number of fused-ring (bicyclic) bond motifs is 3. The minimum Gasteiger partial charge on any atom is -0.452 e. The molecule has 0 aromatic heterocycles. The number of carbonyl (C=O) groups excluding carboxylic acids is 14.